The molecule has 0 unspecified atom stereocenters. The van der Waals surface area contributed by atoms with Crippen LogP contribution in [0.1, 0.15) is 16.7 Å². The third-order valence-corrected chi connectivity index (χ3v) is 2.99. The largest absolute Gasteiger partial charge is 0.417 e. The molecule has 20 heavy (non-hydrogen) atoms. The lowest BCUT2D eigenvalue weighted by Gasteiger charge is -2.12. The predicted molar refractivity (Wildman–Crippen MR) is 69.1 cm³/mol. The van der Waals surface area contributed by atoms with Crippen LogP contribution in [0.3, 0.4) is 0 Å². The number of hydrogen-bond acceptors (Lipinski definition) is 2. The highest BCUT2D eigenvalue weighted by atomic mass is 19.4. The highest BCUT2D eigenvalue weighted by Crippen LogP contribution is 2.28. The third-order valence-electron chi connectivity index (χ3n) is 2.99. The fourth-order valence-corrected chi connectivity index (χ4v) is 1.92. The molecule has 1 aromatic carbocycles. The molecule has 0 bridgehead atoms. The van der Waals surface area contributed by atoms with Gasteiger partial charge >= 0.3 is 6.18 Å². The molecule has 106 valence electrons. The first-order valence-corrected chi connectivity index (χ1v) is 5.96. The number of halogens is 3. The summed E-state index contributed by atoms with van der Waals surface area (Å²) in [6.45, 7) is 0.333. The summed E-state index contributed by atoms with van der Waals surface area (Å²) < 4.78 is 39.0. The van der Waals surface area contributed by atoms with E-state index >= 15 is 0 Å². The fraction of sp³-hybridized carbons (Fsp3) is 0.214. The summed E-state index contributed by atoms with van der Waals surface area (Å²) >= 11 is 0. The van der Waals surface area contributed by atoms with Gasteiger partial charge in [-0.15, -0.1) is 0 Å². The van der Waals surface area contributed by atoms with E-state index in [-0.39, 0.29) is 13.1 Å². The van der Waals surface area contributed by atoms with Gasteiger partial charge in [-0.1, -0.05) is 24.3 Å². The monoisotopic (exact) mass is 282 g/mol. The van der Waals surface area contributed by atoms with Crippen LogP contribution in [-0.2, 0) is 19.3 Å². The van der Waals surface area contributed by atoms with Crippen molar-refractivity contribution in [3.63, 3.8) is 0 Å². The number of rotatable bonds is 3. The molecule has 0 aliphatic carbocycles. The summed E-state index contributed by atoms with van der Waals surface area (Å²) in [5.41, 5.74) is 5.78. The summed E-state index contributed by atoms with van der Waals surface area (Å²) in [4.78, 5) is 11.7. The molecular weight excluding hydrogens is 269 g/mol. The van der Waals surface area contributed by atoms with Crippen molar-refractivity contribution >= 4 is 0 Å². The minimum atomic E-state index is -4.47. The minimum absolute atomic E-state index is 0.0656. The number of nitrogens with two attached hydrogens (primary N) is 1. The molecule has 0 atom stereocenters. The van der Waals surface area contributed by atoms with Crippen molar-refractivity contribution in [2.75, 3.05) is 0 Å². The highest BCUT2D eigenvalue weighted by Gasteiger charge is 2.31. The summed E-state index contributed by atoms with van der Waals surface area (Å²) in [6, 6.07) is 8.79. The summed E-state index contributed by atoms with van der Waals surface area (Å²) in [6.07, 6.45) is -3.64. The van der Waals surface area contributed by atoms with E-state index in [4.69, 9.17) is 5.73 Å². The third kappa shape index (κ3) is 3.08. The first-order valence-electron chi connectivity index (χ1n) is 5.96. The van der Waals surface area contributed by atoms with Crippen molar-refractivity contribution in [3.05, 3.63) is 69.6 Å². The molecule has 2 N–H and O–H groups in total. The van der Waals surface area contributed by atoms with Crippen LogP contribution in [0.5, 0.6) is 0 Å². The van der Waals surface area contributed by atoms with Crippen LogP contribution in [-0.4, -0.2) is 4.57 Å². The summed E-state index contributed by atoms with van der Waals surface area (Å²) in [7, 11) is 0. The van der Waals surface area contributed by atoms with Crippen LogP contribution in [0.4, 0.5) is 13.2 Å². The molecule has 3 nitrogen and oxygen atoms in total. The molecular formula is C14H13F3N2O. The maximum absolute atomic E-state index is 12.6. The Kier molecular flexibility index (Phi) is 3.94. The van der Waals surface area contributed by atoms with Crippen molar-refractivity contribution in [1.82, 2.24) is 4.57 Å². The molecule has 0 saturated carbocycles. The van der Waals surface area contributed by atoms with Crippen molar-refractivity contribution in [2.24, 2.45) is 5.73 Å². The Morgan fingerprint density at radius 1 is 1.05 bits per heavy atom. The molecule has 2 aromatic rings. The normalized spacial score (nSPS) is 11.6. The Labute approximate surface area is 113 Å². The molecule has 0 spiro atoms. The number of benzene rings is 1. The molecule has 1 heterocycles. The molecule has 0 aliphatic heterocycles. The van der Waals surface area contributed by atoms with E-state index < -0.39 is 17.3 Å². The van der Waals surface area contributed by atoms with E-state index in [2.05, 4.69) is 0 Å². The van der Waals surface area contributed by atoms with E-state index in [9.17, 15) is 18.0 Å². The van der Waals surface area contributed by atoms with Gasteiger partial charge in [0.25, 0.3) is 5.56 Å². The highest BCUT2D eigenvalue weighted by molar-refractivity contribution is 5.27. The lowest BCUT2D eigenvalue weighted by molar-refractivity contribution is -0.138. The zero-order valence-corrected chi connectivity index (χ0v) is 10.5. The standard InChI is InChI=1S/C14H13F3N2O/c15-14(16,17)12-5-6-13(20)19(9-12)8-11-4-2-1-3-10(11)7-18/h1-6,9H,7-8,18H2. The van der Waals surface area contributed by atoms with Gasteiger partial charge in [-0.25, -0.2) is 0 Å². The van der Waals surface area contributed by atoms with Gasteiger partial charge in [0, 0.05) is 18.8 Å². The van der Waals surface area contributed by atoms with Crippen molar-refractivity contribution < 1.29 is 13.2 Å². The number of aromatic nitrogens is 1. The Morgan fingerprint density at radius 2 is 1.70 bits per heavy atom. The first-order chi connectivity index (χ1) is 9.41. The molecule has 0 amide bonds. The Bertz CT molecular complexity index is 662. The molecule has 6 heteroatoms. The number of nitrogens with zero attached hydrogens (tertiary/aromatic N) is 1. The second kappa shape index (κ2) is 5.50. The Balaban J connectivity index is 2.41. The molecule has 0 radical (unpaired) electrons. The van der Waals surface area contributed by atoms with Gasteiger partial charge in [-0.05, 0) is 17.2 Å². The molecule has 1 aromatic heterocycles. The second-order valence-corrected chi connectivity index (χ2v) is 4.35. The lowest BCUT2D eigenvalue weighted by atomic mass is 10.1. The maximum atomic E-state index is 12.6. The molecule has 0 fully saturated rings. The van der Waals surface area contributed by atoms with Gasteiger partial charge in [0.1, 0.15) is 0 Å². The van der Waals surface area contributed by atoms with Gasteiger partial charge in [-0.2, -0.15) is 13.2 Å². The van der Waals surface area contributed by atoms with Gasteiger partial charge in [0.05, 0.1) is 12.1 Å². The van der Waals surface area contributed by atoms with Crippen molar-refractivity contribution in [1.29, 1.82) is 0 Å². The minimum Gasteiger partial charge on any atom is -0.326 e. The zero-order chi connectivity index (χ0) is 14.8. The van der Waals surface area contributed by atoms with Crippen LogP contribution < -0.4 is 11.3 Å². The maximum Gasteiger partial charge on any atom is 0.417 e. The quantitative estimate of drug-likeness (QED) is 0.939. The predicted octanol–water partition coefficient (Wildman–Crippen LogP) is 2.37. The number of alkyl halides is 3. The number of pyridine rings is 1. The van der Waals surface area contributed by atoms with E-state index in [1.807, 2.05) is 0 Å². The van der Waals surface area contributed by atoms with E-state index in [0.29, 0.717) is 0 Å². The Morgan fingerprint density at radius 3 is 2.30 bits per heavy atom. The van der Waals surface area contributed by atoms with Gasteiger partial charge < -0.3 is 10.3 Å². The van der Waals surface area contributed by atoms with Crippen LogP contribution in [0.25, 0.3) is 0 Å². The molecule has 0 saturated heterocycles. The smallest absolute Gasteiger partial charge is 0.326 e. The van der Waals surface area contributed by atoms with E-state index in [1.54, 1.807) is 24.3 Å². The van der Waals surface area contributed by atoms with Gasteiger partial charge in [-0.3, -0.25) is 4.79 Å². The summed E-state index contributed by atoms with van der Waals surface area (Å²) in [5.74, 6) is 0. The van der Waals surface area contributed by atoms with Crippen molar-refractivity contribution in [2.45, 2.75) is 19.3 Å². The number of hydrogen-bond donors (Lipinski definition) is 1. The molecule has 2 rings (SSSR count). The van der Waals surface area contributed by atoms with Crippen LogP contribution in [0.15, 0.2) is 47.4 Å². The average molecular weight is 282 g/mol. The summed E-state index contributed by atoms with van der Waals surface area (Å²) in [5, 5.41) is 0. The molecule has 0 aliphatic rings. The topological polar surface area (TPSA) is 48.0 Å². The second-order valence-electron chi connectivity index (χ2n) is 4.35. The first kappa shape index (κ1) is 14.3. The lowest BCUT2D eigenvalue weighted by Crippen LogP contribution is -2.22. The van der Waals surface area contributed by atoms with Gasteiger partial charge in [0.15, 0.2) is 0 Å². The fourth-order valence-electron chi connectivity index (χ4n) is 1.92. The van der Waals surface area contributed by atoms with Crippen molar-refractivity contribution in [3.8, 4) is 0 Å². The average Bonchev–Trinajstić information content (AvgIpc) is 2.40. The van der Waals surface area contributed by atoms with Crippen LogP contribution in [0.2, 0.25) is 0 Å². The Hall–Kier alpha value is -2.08. The van der Waals surface area contributed by atoms with E-state index in [1.165, 1.54) is 0 Å². The zero-order valence-electron chi connectivity index (χ0n) is 10.5. The SMILES string of the molecule is NCc1ccccc1Cn1cc(C(F)(F)F)ccc1=O. The van der Waals surface area contributed by atoms with E-state index in [0.717, 1.165) is 34.0 Å². The van der Waals surface area contributed by atoms with Crippen LogP contribution in [0, 0.1) is 0 Å². The van der Waals surface area contributed by atoms with Gasteiger partial charge in [0.2, 0.25) is 0 Å². The van der Waals surface area contributed by atoms with Crippen LogP contribution >= 0.6 is 0 Å².